The molecule has 0 aliphatic carbocycles. The Labute approximate surface area is 145 Å². The lowest BCUT2D eigenvalue weighted by molar-refractivity contribution is 0.0944. The number of sulfonamides is 1. The maximum absolute atomic E-state index is 12.2. The number of carbonyl (C=O) groups excluding carboxylic acids is 1. The fraction of sp³-hybridized carbons (Fsp3) is 0.188. The third-order valence-corrected chi connectivity index (χ3v) is 4.58. The molecule has 2 N–H and O–H groups in total. The Kier molecular flexibility index (Phi) is 5.84. The number of hydrazine groups is 1. The number of benzene rings is 2. The summed E-state index contributed by atoms with van der Waals surface area (Å²) < 4.78 is 39.5. The van der Waals surface area contributed by atoms with Crippen LogP contribution in [0, 0.1) is 0 Å². The van der Waals surface area contributed by atoms with E-state index in [4.69, 9.17) is 14.2 Å². The first-order valence-corrected chi connectivity index (χ1v) is 8.58. The lowest BCUT2D eigenvalue weighted by atomic mass is 10.2. The summed E-state index contributed by atoms with van der Waals surface area (Å²) in [6.45, 7) is 0. The average Bonchev–Trinajstić information content (AvgIpc) is 2.65. The molecule has 2 rings (SSSR count). The monoisotopic (exact) mass is 366 g/mol. The molecule has 2 aromatic rings. The van der Waals surface area contributed by atoms with Crippen LogP contribution in [0.2, 0.25) is 0 Å². The lowest BCUT2D eigenvalue weighted by Gasteiger charge is -2.11. The van der Waals surface area contributed by atoms with Crippen LogP contribution in [0.1, 0.15) is 10.4 Å². The Bertz CT molecular complexity index is 849. The van der Waals surface area contributed by atoms with Gasteiger partial charge < -0.3 is 14.2 Å². The molecular weight excluding hydrogens is 348 g/mol. The Morgan fingerprint density at radius 2 is 1.52 bits per heavy atom. The molecule has 0 aliphatic heterocycles. The van der Waals surface area contributed by atoms with Crippen LogP contribution in [0.25, 0.3) is 0 Å². The molecule has 1 amide bonds. The van der Waals surface area contributed by atoms with E-state index in [2.05, 4.69) is 5.43 Å². The van der Waals surface area contributed by atoms with Crippen LogP contribution in [0.3, 0.4) is 0 Å². The minimum Gasteiger partial charge on any atom is -0.497 e. The molecule has 0 aliphatic rings. The topological polar surface area (TPSA) is 103 Å². The molecule has 9 heteroatoms. The molecule has 0 saturated heterocycles. The van der Waals surface area contributed by atoms with Crippen molar-refractivity contribution in [3.63, 3.8) is 0 Å². The summed E-state index contributed by atoms with van der Waals surface area (Å²) in [5, 5.41) is 0. The van der Waals surface area contributed by atoms with E-state index in [0.717, 1.165) is 0 Å². The van der Waals surface area contributed by atoms with Crippen molar-refractivity contribution in [2.24, 2.45) is 0 Å². The molecule has 134 valence electrons. The van der Waals surface area contributed by atoms with E-state index in [1.165, 1.54) is 57.7 Å². The van der Waals surface area contributed by atoms with Crippen molar-refractivity contribution in [1.82, 2.24) is 10.3 Å². The molecular formula is C16H18N2O6S. The Balaban J connectivity index is 2.10. The van der Waals surface area contributed by atoms with Gasteiger partial charge in [0.2, 0.25) is 0 Å². The predicted octanol–water partition coefficient (Wildman–Crippen LogP) is 1.34. The minimum absolute atomic E-state index is 0.0130. The maximum atomic E-state index is 12.2. The SMILES string of the molecule is COc1ccc(S(=O)(=O)NNC(=O)c2ccc(OC)c(OC)c2)cc1. The molecule has 0 fully saturated rings. The van der Waals surface area contributed by atoms with Gasteiger partial charge in [0.05, 0.1) is 26.2 Å². The summed E-state index contributed by atoms with van der Waals surface area (Å²) in [5.74, 6) is 0.692. The van der Waals surface area contributed by atoms with Crippen molar-refractivity contribution < 1.29 is 27.4 Å². The summed E-state index contributed by atoms with van der Waals surface area (Å²) >= 11 is 0. The Hall–Kier alpha value is -2.78. The highest BCUT2D eigenvalue weighted by atomic mass is 32.2. The van der Waals surface area contributed by atoms with Crippen molar-refractivity contribution >= 4 is 15.9 Å². The first kappa shape index (κ1) is 18.6. The number of hydrogen-bond donors (Lipinski definition) is 2. The van der Waals surface area contributed by atoms with Gasteiger partial charge in [0.25, 0.3) is 15.9 Å². The van der Waals surface area contributed by atoms with Crippen LogP contribution in [-0.4, -0.2) is 35.7 Å². The van der Waals surface area contributed by atoms with Crippen molar-refractivity contribution in [3.05, 3.63) is 48.0 Å². The fourth-order valence-corrected chi connectivity index (χ4v) is 2.82. The highest BCUT2D eigenvalue weighted by Crippen LogP contribution is 2.27. The summed E-state index contributed by atoms with van der Waals surface area (Å²) in [5.41, 5.74) is 2.35. The fourth-order valence-electron chi connectivity index (χ4n) is 1.98. The van der Waals surface area contributed by atoms with Gasteiger partial charge in [-0.25, -0.2) is 8.42 Å². The van der Waals surface area contributed by atoms with Gasteiger partial charge in [-0.15, -0.1) is 4.83 Å². The molecule has 0 spiro atoms. The number of ether oxygens (including phenoxy) is 3. The van der Waals surface area contributed by atoms with Gasteiger partial charge in [0.15, 0.2) is 11.5 Å². The molecule has 8 nitrogen and oxygen atoms in total. The Morgan fingerprint density at radius 1 is 0.880 bits per heavy atom. The van der Waals surface area contributed by atoms with Crippen molar-refractivity contribution in [2.75, 3.05) is 21.3 Å². The zero-order valence-electron chi connectivity index (χ0n) is 13.9. The molecule has 0 bridgehead atoms. The molecule has 0 radical (unpaired) electrons. The molecule has 25 heavy (non-hydrogen) atoms. The van der Waals surface area contributed by atoms with Gasteiger partial charge in [-0.3, -0.25) is 10.2 Å². The lowest BCUT2D eigenvalue weighted by Crippen LogP contribution is -2.41. The van der Waals surface area contributed by atoms with E-state index in [-0.39, 0.29) is 10.5 Å². The number of hydrogen-bond acceptors (Lipinski definition) is 6. The normalized spacial score (nSPS) is 10.8. The van der Waals surface area contributed by atoms with Crippen LogP contribution < -0.4 is 24.5 Å². The van der Waals surface area contributed by atoms with E-state index in [1.807, 2.05) is 4.83 Å². The van der Waals surface area contributed by atoms with Crippen LogP contribution >= 0.6 is 0 Å². The highest BCUT2D eigenvalue weighted by molar-refractivity contribution is 7.89. The number of nitrogens with one attached hydrogen (secondary N) is 2. The van der Waals surface area contributed by atoms with Gasteiger partial charge in [0.1, 0.15) is 5.75 Å². The molecule has 0 atom stereocenters. The van der Waals surface area contributed by atoms with Gasteiger partial charge in [-0.1, -0.05) is 0 Å². The van der Waals surface area contributed by atoms with Crippen LogP contribution in [0.5, 0.6) is 17.2 Å². The van der Waals surface area contributed by atoms with E-state index in [1.54, 1.807) is 6.07 Å². The standard InChI is InChI=1S/C16H18N2O6S/c1-22-12-5-7-13(8-6-12)25(20,21)18-17-16(19)11-4-9-14(23-2)15(10-11)24-3/h4-10,18H,1-3H3,(H,17,19). The second kappa shape index (κ2) is 7.86. The third-order valence-electron chi connectivity index (χ3n) is 3.31. The maximum Gasteiger partial charge on any atom is 0.266 e. The van der Waals surface area contributed by atoms with E-state index in [0.29, 0.717) is 17.2 Å². The van der Waals surface area contributed by atoms with Gasteiger partial charge in [-0.2, -0.15) is 0 Å². The van der Waals surface area contributed by atoms with Gasteiger partial charge >= 0.3 is 0 Å². The third kappa shape index (κ3) is 4.40. The average molecular weight is 366 g/mol. The quantitative estimate of drug-likeness (QED) is 0.717. The summed E-state index contributed by atoms with van der Waals surface area (Å²) in [6, 6.07) is 10.2. The second-order valence-corrected chi connectivity index (χ2v) is 6.49. The minimum atomic E-state index is -3.91. The molecule has 0 unspecified atom stereocenters. The van der Waals surface area contributed by atoms with Crippen LogP contribution in [0.15, 0.2) is 47.4 Å². The zero-order chi connectivity index (χ0) is 18.4. The van der Waals surface area contributed by atoms with Gasteiger partial charge in [0, 0.05) is 5.56 Å². The van der Waals surface area contributed by atoms with Crippen molar-refractivity contribution in [1.29, 1.82) is 0 Å². The van der Waals surface area contributed by atoms with Crippen LogP contribution in [0.4, 0.5) is 0 Å². The largest absolute Gasteiger partial charge is 0.497 e. The van der Waals surface area contributed by atoms with E-state index >= 15 is 0 Å². The van der Waals surface area contributed by atoms with Crippen molar-refractivity contribution in [2.45, 2.75) is 4.90 Å². The summed E-state index contributed by atoms with van der Waals surface area (Å²) in [7, 11) is 0.476. The number of methoxy groups -OCH3 is 3. The highest BCUT2D eigenvalue weighted by Gasteiger charge is 2.17. The second-order valence-electron chi connectivity index (χ2n) is 4.80. The van der Waals surface area contributed by atoms with E-state index in [9.17, 15) is 13.2 Å². The van der Waals surface area contributed by atoms with Gasteiger partial charge in [-0.05, 0) is 42.5 Å². The smallest absolute Gasteiger partial charge is 0.266 e. The first-order valence-electron chi connectivity index (χ1n) is 7.09. The number of carbonyl (C=O) groups is 1. The summed E-state index contributed by atoms with van der Waals surface area (Å²) in [4.78, 5) is 14.2. The Morgan fingerprint density at radius 3 is 2.08 bits per heavy atom. The molecule has 2 aromatic carbocycles. The van der Waals surface area contributed by atoms with Crippen molar-refractivity contribution in [3.8, 4) is 17.2 Å². The zero-order valence-corrected chi connectivity index (χ0v) is 14.7. The van der Waals surface area contributed by atoms with E-state index < -0.39 is 15.9 Å². The molecule has 0 heterocycles. The molecule has 0 aromatic heterocycles. The van der Waals surface area contributed by atoms with Crippen LogP contribution in [-0.2, 0) is 10.0 Å². The number of amides is 1. The predicted molar refractivity (Wildman–Crippen MR) is 90.3 cm³/mol. The first-order chi connectivity index (χ1) is 11.9. The number of rotatable bonds is 7. The molecule has 0 saturated carbocycles. The summed E-state index contributed by atoms with van der Waals surface area (Å²) in [6.07, 6.45) is 0.